The van der Waals surface area contributed by atoms with Crippen LogP contribution in [-0.2, 0) is 6.54 Å². The van der Waals surface area contributed by atoms with Crippen LogP contribution in [0.25, 0.3) is 0 Å². The maximum Gasteiger partial charge on any atom is 0.283 e. The fraction of sp³-hybridized carbons (Fsp3) is 0.200. The molecule has 0 fully saturated rings. The molecule has 21 heavy (non-hydrogen) atoms. The van der Waals surface area contributed by atoms with Crippen LogP contribution >= 0.6 is 15.9 Å². The van der Waals surface area contributed by atoms with Crippen molar-refractivity contribution in [2.45, 2.75) is 12.6 Å². The zero-order valence-electron chi connectivity index (χ0n) is 11.2. The van der Waals surface area contributed by atoms with E-state index in [4.69, 9.17) is 0 Å². The van der Waals surface area contributed by atoms with Crippen molar-refractivity contribution in [3.05, 3.63) is 74.2 Å². The van der Waals surface area contributed by atoms with Gasteiger partial charge >= 0.3 is 0 Å². The van der Waals surface area contributed by atoms with E-state index in [9.17, 15) is 15.2 Å². The Hall–Kier alpha value is -1.76. The fourth-order valence-corrected chi connectivity index (χ4v) is 2.60. The topological polar surface area (TPSA) is 75.4 Å². The highest BCUT2D eigenvalue weighted by Crippen LogP contribution is 2.28. The van der Waals surface area contributed by atoms with E-state index in [0.717, 1.165) is 11.1 Å². The van der Waals surface area contributed by atoms with Gasteiger partial charge in [0.15, 0.2) is 0 Å². The van der Waals surface area contributed by atoms with Gasteiger partial charge in [-0.05, 0) is 27.1 Å². The summed E-state index contributed by atoms with van der Waals surface area (Å²) in [5, 5.41) is 23.6. The van der Waals surface area contributed by atoms with Crippen LogP contribution in [0.15, 0.2) is 53.0 Å². The smallest absolute Gasteiger partial charge is 0.283 e. The average Bonchev–Trinajstić information content (AvgIpc) is 2.50. The van der Waals surface area contributed by atoms with E-state index in [0.29, 0.717) is 11.0 Å². The summed E-state index contributed by atoms with van der Waals surface area (Å²) < 4.78 is 0.465. The molecule has 0 aliphatic rings. The largest absolute Gasteiger partial charge is 0.394 e. The Balaban J connectivity index is 2.12. The molecule has 2 N–H and O–H groups in total. The van der Waals surface area contributed by atoms with E-state index in [1.165, 1.54) is 6.07 Å². The predicted molar refractivity (Wildman–Crippen MR) is 83.9 cm³/mol. The molecule has 2 aromatic carbocycles. The molecule has 0 radical (unpaired) electrons. The van der Waals surface area contributed by atoms with Gasteiger partial charge in [-0.15, -0.1) is 0 Å². The van der Waals surface area contributed by atoms with Crippen molar-refractivity contribution in [1.82, 2.24) is 5.32 Å². The zero-order chi connectivity index (χ0) is 15.2. The van der Waals surface area contributed by atoms with Crippen LogP contribution in [0.1, 0.15) is 17.2 Å². The van der Waals surface area contributed by atoms with Crippen molar-refractivity contribution in [1.29, 1.82) is 0 Å². The third-order valence-electron chi connectivity index (χ3n) is 3.18. The number of nitrogens with zero attached hydrogens (tertiary/aromatic N) is 1. The Morgan fingerprint density at radius 2 is 1.90 bits per heavy atom. The molecule has 110 valence electrons. The molecular formula is C15H15BrN2O3. The molecule has 6 heteroatoms. The molecule has 0 saturated carbocycles. The van der Waals surface area contributed by atoms with Crippen LogP contribution in [0, 0.1) is 10.1 Å². The van der Waals surface area contributed by atoms with Gasteiger partial charge in [-0.25, -0.2) is 0 Å². The van der Waals surface area contributed by atoms with Crippen LogP contribution in [-0.4, -0.2) is 16.6 Å². The lowest BCUT2D eigenvalue weighted by Crippen LogP contribution is -2.24. The molecule has 1 unspecified atom stereocenters. The number of halogens is 1. The predicted octanol–water partition coefficient (Wildman–Crippen LogP) is 3.18. The maximum atomic E-state index is 10.9. The molecule has 0 bridgehead atoms. The second-order valence-corrected chi connectivity index (χ2v) is 5.33. The van der Waals surface area contributed by atoms with Crippen LogP contribution in [0.4, 0.5) is 5.69 Å². The van der Waals surface area contributed by atoms with E-state index in [2.05, 4.69) is 21.2 Å². The van der Waals surface area contributed by atoms with Crippen molar-refractivity contribution in [3.63, 3.8) is 0 Å². The number of nitrogens with one attached hydrogen (secondary N) is 1. The van der Waals surface area contributed by atoms with Gasteiger partial charge in [0.1, 0.15) is 0 Å². The van der Waals surface area contributed by atoms with E-state index >= 15 is 0 Å². The molecule has 2 rings (SSSR count). The van der Waals surface area contributed by atoms with Crippen molar-refractivity contribution in [2.24, 2.45) is 0 Å². The highest BCUT2D eigenvalue weighted by atomic mass is 79.9. The van der Waals surface area contributed by atoms with Gasteiger partial charge in [0.05, 0.1) is 22.0 Å². The molecule has 5 nitrogen and oxygen atoms in total. The summed E-state index contributed by atoms with van der Waals surface area (Å²) in [6.45, 7) is 0.374. The van der Waals surface area contributed by atoms with Crippen LogP contribution in [0.5, 0.6) is 0 Å². The Bertz CT molecular complexity index is 620. The minimum Gasteiger partial charge on any atom is -0.394 e. The molecule has 0 aliphatic carbocycles. The molecule has 0 spiro atoms. The summed E-state index contributed by atoms with van der Waals surface area (Å²) >= 11 is 3.27. The standard InChI is InChI=1S/C15H15BrN2O3/c16-15-12(7-4-8-14(15)18(20)21)9-17-13(10-19)11-5-2-1-3-6-11/h1-8,13,17,19H,9-10H2. The molecule has 0 amide bonds. The van der Waals surface area contributed by atoms with Gasteiger partial charge in [0.2, 0.25) is 0 Å². The van der Waals surface area contributed by atoms with Crippen LogP contribution in [0.2, 0.25) is 0 Å². The SMILES string of the molecule is O=[N+]([O-])c1cccc(CNC(CO)c2ccccc2)c1Br. The van der Waals surface area contributed by atoms with Crippen molar-refractivity contribution >= 4 is 21.6 Å². The van der Waals surface area contributed by atoms with E-state index in [1.807, 2.05) is 36.4 Å². The maximum absolute atomic E-state index is 10.9. The summed E-state index contributed by atoms with van der Waals surface area (Å²) in [7, 11) is 0. The quantitative estimate of drug-likeness (QED) is 0.619. The Morgan fingerprint density at radius 1 is 1.19 bits per heavy atom. The lowest BCUT2D eigenvalue weighted by Gasteiger charge is -2.17. The summed E-state index contributed by atoms with van der Waals surface area (Å²) in [5.74, 6) is 0. The number of rotatable bonds is 6. The van der Waals surface area contributed by atoms with E-state index < -0.39 is 4.92 Å². The lowest BCUT2D eigenvalue weighted by atomic mass is 10.1. The summed E-state index contributed by atoms with van der Waals surface area (Å²) in [5.41, 5.74) is 1.79. The van der Waals surface area contributed by atoms with Gasteiger partial charge in [0, 0.05) is 12.6 Å². The highest BCUT2D eigenvalue weighted by molar-refractivity contribution is 9.10. The first-order valence-corrected chi connectivity index (χ1v) is 7.23. The second kappa shape index (κ2) is 7.31. The first-order valence-electron chi connectivity index (χ1n) is 6.44. The van der Waals surface area contributed by atoms with Gasteiger partial charge < -0.3 is 10.4 Å². The molecule has 0 aliphatic heterocycles. The third kappa shape index (κ3) is 3.87. The van der Waals surface area contributed by atoms with Gasteiger partial charge in [-0.3, -0.25) is 10.1 Å². The lowest BCUT2D eigenvalue weighted by molar-refractivity contribution is -0.385. The average molecular weight is 351 g/mol. The number of nitro benzene ring substituents is 1. The number of benzene rings is 2. The Kier molecular flexibility index (Phi) is 5.44. The summed E-state index contributed by atoms with van der Waals surface area (Å²) in [6.07, 6.45) is 0. The van der Waals surface area contributed by atoms with E-state index in [1.54, 1.807) is 6.07 Å². The van der Waals surface area contributed by atoms with Crippen molar-refractivity contribution in [3.8, 4) is 0 Å². The van der Waals surface area contributed by atoms with Crippen molar-refractivity contribution in [2.75, 3.05) is 6.61 Å². The van der Waals surface area contributed by atoms with E-state index in [-0.39, 0.29) is 18.3 Å². The normalized spacial score (nSPS) is 12.1. The summed E-state index contributed by atoms with van der Waals surface area (Å²) in [4.78, 5) is 10.5. The van der Waals surface area contributed by atoms with Gasteiger partial charge in [-0.2, -0.15) is 0 Å². The molecular weight excluding hydrogens is 336 g/mol. The first kappa shape index (κ1) is 15.6. The van der Waals surface area contributed by atoms with Crippen LogP contribution < -0.4 is 5.32 Å². The third-order valence-corrected chi connectivity index (χ3v) is 4.09. The van der Waals surface area contributed by atoms with Crippen molar-refractivity contribution < 1.29 is 10.0 Å². The number of aliphatic hydroxyl groups excluding tert-OH is 1. The number of nitro groups is 1. The van der Waals surface area contributed by atoms with Gasteiger partial charge in [-0.1, -0.05) is 42.5 Å². The Morgan fingerprint density at radius 3 is 2.52 bits per heavy atom. The van der Waals surface area contributed by atoms with Crippen LogP contribution in [0.3, 0.4) is 0 Å². The molecule has 0 saturated heterocycles. The minimum absolute atomic E-state index is 0.0366. The molecule has 1 atom stereocenters. The number of hydrogen-bond acceptors (Lipinski definition) is 4. The summed E-state index contributed by atoms with van der Waals surface area (Å²) in [6, 6.07) is 14.3. The highest BCUT2D eigenvalue weighted by Gasteiger charge is 2.16. The zero-order valence-corrected chi connectivity index (χ0v) is 12.8. The monoisotopic (exact) mass is 350 g/mol. The van der Waals surface area contributed by atoms with Gasteiger partial charge in [0.25, 0.3) is 5.69 Å². The fourth-order valence-electron chi connectivity index (χ4n) is 2.05. The first-order chi connectivity index (χ1) is 10.1. The molecule has 0 aromatic heterocycles. The minimum atomic E-state index is -0.422. The number of aliphatic hydroxyl groups is 1. The second-order valence-electron chi connectivity index (χ2n) is 4.53. The number of hydrogen-bond donors (Lipinski definition) is 2. The molecule has 0 heterocycles. The molecule has 2 aromatic rings. The Labute approximate surface area is 130 Å².